The number of aromatic nitrogens is 3. The summed E-state index contributed by atoms with van der Waals surface area (Å²) in [6.45, 7) is 3.11. The summed E-state index contributed by atoms with van der Waals surface area (Å²) in [5.41, 5.74) is -0.562. The molecule has 0 aromatic carbocycles. The molecule has 1 aromatic rings. The van der Waals surface area contributed by atoms with Crippen LogP contribution >= 0.6 is 0 Å². The number of rotatable bonds is 6. The van der Waals surface area contributed by atoms with Gasteiger partial charge in [-0.3, -0.25) is 0 Å². The number of ether oxygens (including phenoxy) is 3. The van der Waals surface area contributed by atoms with Gasteiger partial charge in [0.2, 0.25) is 0 Å². The number of nitrogens with zero attached hydrogens (tertiary/aromatic N) is 3. The molecule has 3 atom stereocenters. The Balaban J connectivity index is 1.70. The van der Waals surface area contributed by atoms with Crippen LogP contribution in [0.4, 0.5) is 0 Å². The number of epoxide rings is 3. The normalized spacial score (nSPS) is 31.5. The second-order valence-corrected chi connectivity index (χ2v) is 5.21. The second-order valence-electron chi connectivity index (χ2n) is 5.21. The Morgan fingerprint density at radius 2 is 1.16 bits per heavy atom. The van der Waals surface area contributed by atoms with E-state index < -0.39 is 0 Å². The van der Waals surface area contributed by atoms with E-state index in [1.807, 2.05) is 0 Å². The number of hydrogen-bond acceptors (Lipinski definition) is 5. The van der Waals surface area contributed by atoms with E-state index in [4.69, 9.17) is 14.2 Å². The Kier molecular flexibility index (Phi) is 2.44. The average Bonchev–Trinajstić information content (AvgIpc) is 3.26. The van der Waals surface area contributed by atoms with Gasteiger partial charge in [0.1, 0.15) is 12.2 Å². The maximum atomic E-state index is 12.3. The molecule has 4 heterocycles. The lowest BCUT2D eigenvalue weighted by Crippen LogP contribution is -2.31. The van der Waals surface area contributed by atoms with Crippen molar-refractivity contribution in [2.45, 2.75) is 37.9 Å². The van der Waals surface area contributed by atoms with Gasteiger partial charge in [-0.15, -0.1) is 0 Å². The standard InChI is InChI=1S/C11H15N3O5/c15-10-12(1-7-4-17-7)11(16)14(3-9-6-19-9)13(10)2-8-5-18-8/h7-9H,1-6H2/t7-,8-,9+/m0/s1. The molecule has 0 radical (unpaired) electrons. The average molecular weight is 269 g/mol. The van der Waals surface area contributed by atoms with E-state index in [0.29, 0.717) is 39.5 Å². The van der Waals surface area contributed by atoms with Crippen LogP contribution < -0.4 is 11.4 Å². The summed E-state index contributed by atoms with van der Waals surface area (Å²) in [5, 5.41) is 0. The first-order valence-corrected chi connectivity index (χ1v) is 6.47. The summed E-state index contributed by atoms with van der Waals surface area (Å²) in [5.74, 6) is 0. The van der Waals surface area contributed by atoms with Gasteiger partial charge in [0, 0.05) is 0 Å². The molecule has 0 aliphatic carbocycles. The SMILES string of the molecule is O=c1n(C[C@H]2CO2)c(=O)n(C[C@@H]2CO2)n1C[C@H]1CO1. The highest BCUT2D eigenvalue weighted by Crippen LogP contribution is 2.14. The first-order chi connectivity index (χ1) is 9.22. The lowest BCUT2D eigenvalue weighted by Gasteiger charge is -2.05. The highest BCUT2D eigenvalue weighted by Gasteiger charge is 2.32. The van der Waals surface area contributed by atoms with Crippen molar-refractivity contribution in [2.75, 3.05) is 19.8 Å². The molecule has 0 N–H and O–H groups in total. The summed E-state index contributed by atoms with van der Waals surface area (Å²) in [6.07, 6.45) is 0.108. The van der Waals surface area contributed by atoms with Gasteiger partial charge in [0.25, 0.3) is 0 Å². The van der Waals surface area contributed by atoms with Gasteiger partial charge >= 0.3 is 11.4 Å². The lowest BCUT2D eigenvalue weighted by molar-refractivity contribution is 0.314. The minimum absolute atomic E-state index is 0.00375. The van der Waals surface area contributed by atoms with E-state index in [1.165, 1.54) is 13.9 Å². The molecule has 1 aromatic heterocycles. The summed E-state index contributed by atoms with van der Waals surface area (Å²) in [6, 6.07) is 0. The van der Waals surface area contributed by atoms with Crippen LogP contribution in [0.15, 0.2) is 9.59 Å². The van der Waals surface area contributed by atoms with Gasteiger partial charge < -0.3 is 14.2 Å². The highest BCUT2D eigenvalue weighted by molar-refractivity contribution is 4.84. The predicted octanol–water partition coefficient (Wildman–Crippen LogP) is -1.99. The lowest BCUT2D eigenvalue weighted by atomic mass is 10.5. The topological polar surface area (TPSA) is 86.5 Å². The summed E-state index contributed by atoms with van der Waals surface area (Å²) >= 11 is 0. The van der Waals surface area contributed by atoms with E-state index in [9.17, 15) is 9.59 Å². The smallest absolute Gasteiger partial charge is 0.347 e. The van der Waals surface area contributed by atoms with Crippen LogP contribution in [0.25, 0.3) is 0 Å². The fourth-order valence-corrected chi connectivity index (χ4v) is 2.19. The Labute approximate surface area is 108 Å². The van der Waals surface area contributed by atoms with Crippen LogP contribution in [-0.4, -0.2) is 52.1 Å². The molecule has 0 spiro atoms. The van der Waals surface area contributed by atoms with Crippen molar-refractivity contribution in [3.63, 3.8) is 0 Å². The molecule has 0 unspecified atom stereocenters. The summed E-state index contributed by atoms with van der Waals surface area (Å²) < 4.78 is 19.6. The van der Waals surface area contributed by atoms with Crippen molar-refractivity contribution in [3.05, 3.63) is 21.0 Å². The van der Waals surface area contributed by atoms with Gasteiger partial charge in [-0.05, 0) is 0 Å². The fourth-order valence-electron chi connectivity index (χ4n) is 2.19. The molecule has 8 heteroatoms. The van der Waals surface area contributed by atoms with Crippen molar-refractivity contribution < 1.29 is 14.2 Å². The van der Waals surface area contributed by atoms with Crippen LogP contribution in [-0.2, 0) is 33.8 Å². The largest absolute Gasteiger partial charge is 0.371 e. The zero-order valence-electron chi connectivity index (χ0n) is 10.4. The molecular formula is C11H15N3O5. The quantitative estimate of drug-likeness (QED) is 0.558. The molecule has 3 saturated heterocycles. The second kappa shape index (κ2) is 4.06. The van der Waals surface area contributed by atoms with Crippen molar-refractivity contribution >= 4 is 0 Å². The monoisotopic (exact) mass is 269 g/mol. The van der Waals surface area contributed by atoms with Crippen molar-refractivity contribution in [1.82, 2.24) is 13.9 Å². The van der Waals surface area contributed by atoms with Gasteiger partial charge in [-0.2, -0.15) is 0 Å². The van der Waals surface area contributed by atoms with Crippen molar-refractivity contribution in [3.8, 4) is 0 Å². The number of hydrogen-bond donors (Lipinski definition) is 0. The van der Waals surface area contributed by atoms with E-state index in [2.05, 4.69) is 0 Å². The van der Waals surface area contributed by atoms with E-state index in [-0.39, 0.29) is 29.7 Å². The van der Waals surface area contributed by atoms with E-state index >= 15 is 0 Å². The Morgan fingerprint density at radius 1 is 0.789 bits per heavy atom. The zero-order valence-corrected chi connectivity index (χ0v) is 10.4. The Morgan fingerprint density at radius 3 is 1.53 bits per heavy atom. The third-order valence-corrected chi connectivity index (χ3v) is 3.54. The molecule has 3 aliphatic rings. The highest BCUT2D eigenvalue weighted by atomic mass is 16.6. The summed E-state index contributed by atoms with van der Waals surface area (Å²) in [7, 11) is 0. The molecule has 0 saturated carbocycles. The van der Waals surface area contributed by atoms with Crippen LogP contribution in [0, 0.1) is 0 Å². The van der Waals surface area contributed by atoms with Crippen molar-refractivity contribution in [2.24, 2.45) is 0 Å². The minimum Gasteiger partial charge on any atom is -0.371 e. The molecule has 19 heavy (non-hydrogen) atoms. The predicted molar refractivity (Wildman–Crippen MR) is 62.2 cm³/mol. The van der Waals surface area contributed by atoms with Crippen LogP contribution in [0.3, 0.4) is 0 Å². The molecule has 4 rings (SSSR count). The van der Waals surface area contributed by atoms with Gasteiger partial charge in [0.05, 0.1) is 45.6 Å². The van der Waals surface area contributed by atoms with Crippen molar-refractivity contribution in [1.29, 1.82) is 0 Å². The first kappa shape index (κ1) is 11.4. The van der Waals surface area contributed by atoms with Crippen LogP contribution in [0.1, 0.15) is 0 Å². The minimum atomic E-state index is -0.281. The molecular weight excluding hydrogens is 254 g/mol. The Bertz CT molecular complexity index is 557. The maximum Gasteiger partial charge on any atom is 0.347 e. The van der Waals surface area contributed by atoms with Crippen LogP contribution in [0.2, 0.25) is 0 Å². The molecule has 3 fully saturated rings. The first-order valence-electron chi connectivity index (χ1n) is 6.47. The molecule has 0 bridgehead atoms. The molecule has 104 valence electrons. The van der Waals surface area contributed by atoms with Crippen LogP contribution in [0.5, 0.6) is 0 Å². The maximum absolute atomic E-state index is 12.3. The zero-order chi connectivity index (χ0) is 13.0. The third kappa shape index (κ3) is 2.26. The molecule has 0 amide bonds. The molecule has 3 aliphatic heterocycles. The Hall–Kier alpha value is -1.38. The fraction of sp³-hybridized carbons (Fsp3) is 0.818. The van der Waals surface area contributed by atoms with Gasteiger partial charge in [-0.25, -0.2) is 23.5 Å². The van der Waals surface area contributed by atoms with Gasteiger partial charge in [0.15, 0.2) is 0 Å². The molecule has 8 nitrogen and oxygen atoms in total. The van der Waals surface area contributed by atoms with E-state index in [1.54, 1.807) is 0 Å². The van der Waals surface area contributed by atoms with E-state index in [0.717, 1.165) is 0 Å². The third-order valence-electron chi connectivity index (χ3n) is 3.54. The van der Waals surface area contributed by atoms with Gasteiger partial charge in [-0.1, -0.05) is 0 Å². The summed E-state index contributed by atoms with van der Waals surface area (Å²) in [4.78, 5) is 24.6.